The second-order valence-corrected chi connectivity index (χ2v) is 10.2. The zero-order valence-electron chi connectivity index (χ0n) is 22.2. The molecular weight excluding hydrogens is 386 g/mol. The van der Waals surface area contributed by atoms with Gasteiger partial charge in [0.25, 0.3) is 0 Å². The number of carbonyl (C=O) groups is 1. The van der Waals surface area contributed by atoms with Crippen molar-refractivity contribution in [1.29, 1.82) is 0 Å². The van der Waals surface area contributed by atoms with Crippen molar-refractivity contribution in [2.75, 3.05) is 27.2 Å². The van der Waals surface area contributed by atoms with Crippen molar-refractivity contribution in [3.05, 3.63) is 12.2 Å². The Labute approximate surface area is 194 Å². The monoisotopic (exact) mass is 442 g/mol. The van der Waals surface area contributed by atoms with Gasteiger partial charge in [0.2, 0.25) is 0 Å². The van der Waals surface area contributed by atoms with Crippen molar-refractivity contribution in [3.8, 4) is 0 Å². The molecular formula is C27H56NO3+. The van der Waals surface area contributed by atoms with Crippen molar-refractivity contribution < 1.29 is 19.5 Å². The Balaban J connectivity index is 0. The van der Waals surface area contributed by atoms with Crippen LogP contribution in [0, 0.1) is 5.41 Å². The van der Waals surface area contributed by atoms with Crippen LogP contribution in [0.5, 0.6) is 0 Å². The van der Waals surface area contributed by atoms with Gasteiger partial charge in [0.1, 0.15) is 6.61 Å². The Bertz CT molecular complexity index is 432. The molecule has 2 N–H and O–H groups in total. The molecule has 0 amide bonds. The number of hydrogen-bond donors (Lipinski definition) is 2. The van der Waals surface area contributed by atoms with Crippen LogP contribution in [0.4, 0.5) is 0 Å². The maximum atomic E-state index is 11.1. The average Bonchev–Trinajstić information content (AvgIpc) is 2.72. The number of rotatable bonds is 18. The Morgan fingerprint density at radius 1 is 0.968 bits per heavy atom. The number of unbranched alkanes of at least 4 members (excludes halogenated alkanes) is 9. The van der Waals surface area contributed by atoms with Crippen LogP contribution in [0.2, 0.25) is 0 Å². The number of aliphatic hydroxyl groups excluding tert-OH is 1. The minimum absolute atomic E-state index is 0.0610. The number of hydrogen-bond acceptors (Lipinski definition) is 3. The third-order valence-electron chi connectivity index (χ3n) is 5.90. The minimum Gasteiger partial charge on any atom is -0.460 e. The van der Waals surface area contributed by atoms with Gasteiger partial charge in [-0.1, -0.05) is 92.1 Å². The summed E-state index contributed by atoms with van der Waals surface area (Å²) in [6.45, 7) is 15.2. The van der Waals surface area contributed by atoms with Crippen molar-refractivity contribution >= 4 is 5.97 Å². The number of esters is 1. The summed E-state index contributed by atoms with van der Waals surface area (Å²) in [6, 6.07) is 0. The first-order valence-electron chi connectivity index (χ1n) is 12.9. The summed E-state index contributed by atoms with van der Waals surface area (Å²) in [4.78, 5) is 12.7. The molecule has 0 fully saturated rings. The molecule has 0 aliphatic heterocycles. The maximum Gasteiger partial charge on any atom is 0.333 e. The highest BCUT2D eigenvalue weighted by molar-refractivity contribution is 5.86. The van der Waals surface area contributed by atoms with Gasteiger partial charge in [-0.3, -0.25) is 0 Å². The molecule has 0 aromatic carbocycles. The van der Waals surface area contributed by atoms with E-state index in [0.29, 0.717) is 12.0 Å². The smallest absolute Gasteiger partial charge is 0.333 e. The van der Waals surface area contributed by atoms with Crippen LogP contribution in [0.15, 0.2) is 12.2 Å². The standard InChI is InChI=1S/C14H31N.C13H24O3/c1-4-5-6-7-8-9-10-11-12-13-14-15(2)3;1-6-13(4,5)8-7-11(14)9-16-12(15)10(2)3/h4-14H2,1-3H3;11,14H,2,6-9H2,1,3-5H3/p+1. The molecule has 0 aromatic heterocycles. The van der Waals surface area contributed by atoms with Crippen LogP contribution >= 0.6 is 0 Å². The first-order chi connectivity index (χ1) is 14.6. The van der Waals surface area contributed by atoms with E-state index in [1.165, 1.54) is 70.8 Å². The van der Waals surface area contributed by atoms with Crippen LogP contribution < -0.4 is 4.90 Å². The van der Waals surface area contributed by atoms with E-state index in [4.69, 9.17) is 4.74 Å². The highest BCUT2D eigenvalue weighted by Crippen LogP contribution is 2.26. The highest BCUT2D eigenvalue weighted by atomic mass is 16.5. The third-order valence-corrected chi connectivity index (χ3v) is 5.90. The molecule has 0 radical (unpaired) electrons. The summed E-state index contributed by atoms with van der Waals surface area (Å²) in [5.74, 6) is -0.436. The van der Waals surface area contributed by atoms with Gasteiger partial charge in [-0.15, -0.1) is 0 Å². The van der Waals surface area contributed by atoms with Crippen LogP contribution in [0.1, 0.15) is 118 Å². The van der Waals surface area contributed by atoms with Crippen LogP contribution in [-0.4, -0.2) is 44.4 Å². The number of aliphatic hydroxyl groups is 1. The molecule has 0 bridgehead atoms. The molecule has 0 saturated heterocycles. The predicted molar refractivity (Wildman–Crippen MR) is 135 cm³/mol. The predicted octanol–water partition coefficient (Wildman–Crippen LogP) is 5.73. The number of nitrogens with one attached hydrogen (secondary N) is 1. The first kappa shape index (κ1) is 32.3. The normalized spacial score (nSPS) is 12.3. The fraction of sp³-hybridized carbons (Fsp3) is 0.889. The number of quaternary nitrogens is 1. The summed E-state index contributed by atoms with van der Waals surface area (Å²) >= 11 is 0. The third kappa shape index (κ3) is 25.3. The summed E-state index contributed by atoms with van der Waals surface area (Å²) in [5, 5.41) is 9.63. The Hall–Kier alpha value is -0.870. The van der Waals surface area contributed by atoms with Crippen LogP contribution in [0.3, 0.4) is 0 Å². The lowest BCUT2D eigenvalue weighted by atomic mass is 9.84. The van der Waals surface area contributed by atoms with Gasteiger partial charge < -0.3 is 14.7 Å². The van der Waals surface area contributed by atoms with E-state index in [1.54, 1.807) is 11.8 Å². The molecule has 0 rings (SSSR count). The fourth-order valence-electron chi connectivity index (χ4n) is 3.08. The van der Waals surface area contributed by atoms with Gasteiger partial charge in [0.15, 0.2) is 0 Å². The molecule has 0 aliphatic carbocycles. The van der Waals surface area contributed by atoms with E-state index < -0.39 is 12.1 Å². The molecule has 0 spiro atoms. The van der Waals surface area contributed by atoms with E-state index in [1.807, 2.05) is 0 Å². The van der Waals surface area contributed by atoms with Gasteiger partial charge in [-0.05, 0) is 38.0 Å². The number of ether oxygens (including phenoxy) is 1. The van der Waals surface area contributed by atoms with Gasteiger partial charge >= 0.3 is 5.97 Å². The zero-order valence-corrected chi connectivity index (χ0v) is 22.2. The van der Waals surface area contributed by atoms with Crippen molar-refractivity contribution in [2.45, 2.75) is 124 Å². The highest BCUT2D eigenvalue weighted by Gasteiger charge is 2.18. The molecule has 4 heteroatoms. The molecule has 186 valence electrons. The molecule has 4 nitrogen and oxygen atoms in total. The van der Waals surface area contributed by atoms with Crippen molar-refractivity contribution in [2.24, 2.45) is 5.41 Å². The molecule has 0 aliphatic rings. The van der Waals surface area contributed by atoms with E-state index in [9.17, 15) is 9.90 Å². The second-order valence-electron chi connectivity index (χ2n) is 10.2. The van der Waals surface area contributed by atoms with Crippen molar-refractivity contribution in [1.82, 2.24) is 0 Å². The second kappa shape index (κ2) is 21.0. The molecule has 1 atom stereocenters. The maximum absolute atomic E-state index is 11.1. The lowest BCUT2D eigenvalue weighted by molar-refractivity contribution is -0.858. The summed E-state index contributed by atoms with van der Waals surface area (Å²) < 4.78 is 4.88. The topological polar surface area (TPSA) is 51.0 Å². The molecule has 0 saturated carbocycles. The van der Waals surface area contributed by atoms with Gasteiger partial charge in [-0.2, -0.15) is 0 Å². The lowest BCUT2D eigenvalue weighted by Crippen LogP contribution is -3.05. The average molecular weight is 443 g/mol. The van der Waals surface area contributed by atoms with Gasteiger partial charge in [0, 0.05) is 5.57 Å². The van der Waals surface area contributed by atoms with E-state index in [2.05, 4.69) is 48.4 Å². The summed E-state index contributed by atoms with van der Waals surface area (Å²) in [7, 11) is 4.49. The summed E-state index contributed by atoms with van der Waals surface area (Å²) in [6.07, 6.45) is 16.5. The van der Waals surface area contributed by atoms with E-state index >= 15 is 0 Å². The fourth-order valence-corrected chi connectivity index (χ4v) is 3.08. The van der Waals surface area contributed by atoms with E-state index in [0.717, 1.165) is 12.8 Å². The van der Waals surface area contributed by atoms with Crippen LogP contribution in [0.25, 0.3) is 0 Å². The quantitative estimate of drug-likeness (QED) is 0.162. The Morgan fingerprint density at radius 2 is 1.45 bits per heavy atom. The molecule has 1 unspecified atom stereocenters. The first-order valence-corrected chi connectivity index (χ1v) is 12.9. The van der Waals surface area contributed by atoms with E-state index in [-0.39, 0.29) is 12.0 Å². The van der Waals surface area contributed by atoms with Gasteiger partial charge in [-0.25, -0.2) is 4.79 Å². The lowest BCUT2D eigenvalue weighted by Gasteiger charge is -2.23. The summed E-state index contributed by atoms with van der Waals surface area (Å²) in [5.41, 5.74) is 0.598. The Kier molecular flexibility index (Phi) is 21.9. The molecule has 31 heavy (non-hydrogen) atoms. The molecule has 0 aromatic rings. The zero-order chi connectivity index (χ0) is 24.1. The minimum atomic E-state index is -0.575. The SMILES string of the molecule is C=C(C)C(=O)OCC(O)CCC(C)(C)CC.CCCCCCCCCCCC[NH+](C)C. The Morgan fingerprint density at radius 3 is 1.87 bits per heavy atom. The number of carbonyl (C=O) groups excluding carboxylic acids is 1. The van der Waals surface area contributed by atoms with Crippen LogP contribution in [-0.2, 0) is 9.53 Å². The van der Waals surface area contributed by atoms with Crippen molar-refractivity contribution in [3.63, 3.8) is 0 Å². The van der Waals surface area contributed by atoms with Gasteiger partial charge in [0.05, 0.1) is 26.7 Å². The largest absolute Gasteiger partial charge is 0.460 e. The molecule has 0 heterocycles.